The fraction of sp³-hybridized carbons (Fsp3) is 0.189. The Hall–Kier alpha value is -5.61. The number of hydrogen-bond acceptors (Lipinski definition) is 8. The number of esters is 1. The largest absolute Gasteiger partial charge is 0.473 e. The van der Waals surface area contributed by atoms with E-state index in [1.807, 2.05) is 53.1 Å². The predicted octanol–water partition coefficient (Wildman–Crippen LogP) is 7.28. The Labute approximate surface area is 268 Å². The quantitative estimate of drug-likeness (QED) is 0.154. The van der Waals surface area contributed by atoms with E-state index in [1.165, 1.54) is 13.2 Å². The molecule has 0 N–H and O–H groups in total. The number of carbonyl (C=O) groups is 1. The summed E-state index contributed by atoms with van der Waals surface area (Å²) in [4.78, 5) is 26.1. The highest BCUT2D eigenvalue weighted by Crippen LogP contribution is 2.32. The van der Waals surface area contributed by atoms with Gasteiger partial charge in [-0.15, -0.1) is 0 Å². The van der Waals surface area contributed by atoms with Gasteiger partial charge in [0.25, 0.3) is 0 Å². The van der Waals surface area contributed by atoms with Gasteiger partial charge in [0.05, 0.1) is 54.2 Å². The van der Waals surface area contributed by atoms with E-state index >= 15 is 4.39 Å². The molecule has 10 heteroatoms. The molecule has 9 nitrogen and oxygen atoms in total. The summed E-state index contributed by atoms with van der Waals surface area (Å²) >= 11 is 0. The van der Waals surface area contributed by atoms with Crippen molar-refractivity contribution in [3.63, 3.8) is 0 Å². The molecule has 0 aliphatic carbocycles. The van der Waals surface area contributed by atoms with Crippen LogP contribution in [0.4, 0.5) is 4.39 Å². The van der Waals surface area contributed by atoms with Crippen molar-refractivity contribution in [1.82, 2.24) is 19.5 Å². The maximum atomic E-state index is 15.6. The fourth-order valence-corrected chi connectivity index (χ4v) is 6.00. The number of fused-ring (bicyclic) bond motifs is 4. The molecule has 1 aliphatic heterocycles. The molecule has 0 unspecified atom stereocenters. The van der Waals surface area contributed by atoms with Crippen molar-refractivity contribution in [3.8, 4) is 17.1 Å². The zero-order valence-corrected chi connectivity index (χ0v) is 25.5. The highest BCUT2D eigenvalue weighted by molar-refractivity contribution is 6.05. The Morgan fingerprint density at radius 1 is 1.00 bits per heavy atom. The van der Waals surface area contributed by atoms with E-state index in [-0.39, 0.29) is 24.8 Å². The van der Waals surface area contributed by atoms with E-state index in [0.717, 1.165) is 39.4 Å². The average molecular weight is 629 g/mol. The molecule has 1 atom stereocenters. The lowest BCUT2D eigenvalue weighted by molar-refractivity contribution is -0.0589. The summed E-state index contributed by atoms with van der Waals surface area (Å²) in [6.45, 7) is 1.50. The topological polar surface area (TPSA) is 102 Å². The number of para-hydroxylation sites is 2. The smallest absolute Gasteiger partial charge is 0.337 e. The Morgan fingerprint density at radius 2 is 1.85 bits per heavy atom. The Morgan fingerprint density at radius 3 is 2.68 bits per heavy atom. The molecule has 47 heavy (non-hydrogen) atoms. The van der Waals surface area contributed by atoms with Crippen molar-refractivity contribution in [2.45, 2.75) is 32.1 Å². The van der Waals surface area contributed by atoms with Gasteiger partial charge in [-0.3, -0.25) is 4.98 Å². The first-order chi connectivity index (χ1) is 23.0. The second kappa shape index (κ2) is 12.0. The van der Waals surface area contributed by atoms with Crippen LogP contribution in [0.15, 0.2) is 95.5 Å². The maximum Gasteiger partial charge on any atom is 0.337 e. The number of rotatable bonds is 9. The van der Waals surface area contributed by atoms with Crippen LogP contribution >= 0.6 is 0 Å². The van der Waals surface area contributed by atoms with Gasteiger partial charge in [-0.25, -0.2) is 19.2 Å². The van der Waals surface area contributed by atoms with Crippen LogP contribution in [0, 0.1) is 5.82 Å². The molecule has 1 fully saturated rings. The van der Waals surface area contributed by atoms with Crippen LogP contribution < -0.4 is 4.74 Å². The van der Waals surface area contributed by atoms with E-state index in [2.05, 4.69) is 9.97 Å². The number of hydrogen-bond donors (Lipinski definition) is 0. The lowest BCUT2D eigenvalue weighted by Crippen LogP contribution is -2.31. The van der Waals surface area contributed by atoms with Crippen molar-refractivity contribution in [3.05, 3.63) is 120 Å². The molecule has 7 aromatic rings. The van der Waals surface area contributed by atoms with Crippen LogP contribution in [-0.4, -0.2) is 45.3 Å². The van der Waals surface area contributed by atoms with Gasteiger partial charge in [-0.2, -0.15) is 0 Å². The lowest BCUT2D eigenvalue weighted by atomic mass is 10.1. The first-order valence-electron chi connectivity index (χ1n) is 15.4. The molecule has 3 aromatic carbocycles. The third-order valence-corrected chi connectivity index (χ3v) is 8.55. The van der Waals surface area contributed by atoms with Crippen molar-refractivity contribution in [2.75, 3.05) is 13.7 Å². The van der Waals surface area contributed by atoms with Gasteiger partial charge in [0, 0.05) is 40.8 Å². The standard InChI is InChI=1S/C37H29FN4O5/c1-44-37(43)22-12-13-30-32(17-22)42(20-25-14-15-45-25)34(40-30)18-31-28(38)16-24(19-39-31)29-9-5-11-35(41-29)46-21-23-6-4-8-27-26-7-2-3-10-33(26)47-36(23)27/h2-13,16-17,19,25H,14-15,18,20-21H2,1H3/t25-/m0/s1. The number of ether oxygens (including phenoxy) is 3. The minimum absolute atomic E-state index is 0.0281. The molecule has 5 heterocycles. The van der Waals surface area contributed by atoms with Crippen LogP contribution in [0.2, 0.25) is 0 Å². The monoisotopic (exact) mass is 628 g/mol. The second-order valence-corrected chi connectivity index (χ2v) is 11.5. The third kappa shape index (κ3) is 5.46. The number of nitrogens with zero attached hydrogens (tertiary/aromatic N) is 4. The summed E-state index contributed by atoms with van der Waals surface area (Å²) in [6, 6.07) is 25.9. The minimum Gasteiger partial charge on any atom is -0.473 e. The Kier molecular flexibility index (Phi) is 7.34. The normalized spacial score (nSPS) is 14.5. The molecule has 0 bridgehead atoms. The van der Waals surface area contributed by atoms with E-state index in [0.29, 0.717) is 47.2 Å². The van der Waals surface area contributed by atoms with Gasteiger partial charge in [0.2, 0.25) is 5.88 Å². The van der Waals surface area contributed by atoms with Gasteiger partial charge in [-0.05, 0) is 42.8 Å². The van der Waals surface area contributed by atoms with Crippen molar-refractivity contribution in [1.29, 1.82) is 0 Å². The third-order valence-electron chi connectivity index (χ3n) is 8.55. The SMILES string of the molecule is COC(=O)c1ccc2nc(Cc3ncc(-c4cccc(OCc5cccc6c5oc5ccccc56)n4)cc3F)n(C[C@@H]3CCO3)c2c1. The summed E-state index contributed by atoms with van der Waals surface area (Å²) < 4.78 is 40.4. The summed E-state index contributed by atoms with van der Waals surface area (Å²) in [6.07, 6.45) is 2.71. The number of furan rings is 1. The molecule has 8 rings (SSSR count). The second-order valence-electron chi connectivity index (χ2n) is 11.5. The van der Waals surface area contributed by atoms with Crippen molar-refractivity contribution < 1.29 is 27.8 Å². The average Bonchev–Trinajstić information content (AvgIpc) is 3.63. The molecule has 0 radical (unpaired) electrons. The highest BCUT2D eigenvalue weighted by Gasteiger charge is 2.23. The molecular formula is C37H29FN4O5. The Bertz CT molecular complexity index is 2290. The number of carbonyl (C=O) groups excluding carboxylic acids is 1. The zero-order valence-electron chi connectivity index (χ0n) is 25.5. The van der Waals surface area contributed by atoms with Crippen molar-refractivity contribution >= 4 is 38.9 Å². The maximum absolute atomic E-state index is 15.6. The van der Waals surface area contributed by atoms with Gasteiger partial charge < -0.3 is 23.2 Å². The Balaban J connectivity index is 1.03. The van der Waals surface area contributed by atoms with Crippen LogP contribution in [0.1, 0.15) is 33.9 Å². The molecule has 0 saturated carbocycles. The van der Waals surface area contributed by atoms with Crippen LogP contribution in [-0.2, 0) is 29.0 Å². The van der Waals surface area contributed by atoms with E-state index in [9.17, 15) is 4.79 Å². The van der Waals surface area contributed by atoms with E-state index in [1.54, 1.807) is 36.5 Å². The zero-order chi connectivity index (χ0) is 31.9. The van der Waals surface area contributed by atoms with E-state index < -0.39 is 11.8 Å². The molecule has 1 saturated heterocycles. The van der Waals surface area contributed by atoms with Crippen LogP contribution in [0.3, 0.4) is 0 Å². The lowest BCUT2D eigenvalue weighted by Gasteiger charge is -2.27. The molecule has 0 amide bonds. The summed E-state index contributed by atoms with van der Waals surface area (Å²) in [5, 5.41) is 2.09. The predicted molar refractivity (Wildman–Crippen MR) is 174 cm³/mol. The highest BCUT2D eigenvalue weighted by atomic mass is 19.1. The van der Waals surface area contributed by atoms with Crippen molar-refractivity contribution in [2.24, 2.45) is 0 Å². The number of aromatic nitrogens is 4. The first kappa shape index (κ1) is 28.8. The summed E-state index contributed by atoms with van der Waals surface area (Å²) in [5.74, 6) is 0.125. The summed E-state index contributed by atoms with van der Waals surface area (Å²) in [5.41, 5.74) is 5.69. The van der Waals surface area contributed by atoms with Gasteiger partial charge >= 0.3 is 5.97 Å². The number of methoxy groups -OCH3 is 1. The van der Waals surface area contributed by atoms with Gasteiger partial charge in [0.15, 0.2) is 0 Å². The number of halogens is 1. The number of imidazole rings is 1. The van der Waals surface area contributed by atoms with Gasteiger partial charge in [-0.1, -0.05) is 42.5 Å². The van der Waals surface area contributed by atoms with Gasteiger partial charge in [0.1, 0.15) is 29.4 Å². The molecule has 234 valence electrons. The number of benzene rings is 3. The van der Waals surface area contributed by atoms with Crippen LogP contribution in [0.5, 0.6) is 5.88 Å². The fourth-order valence-electron chi connectivity index (χ4n) is 6.00. The molecule has 4 aromatic heterocycles. The van der Waals surface area contributed by atoms with E-state index in [4.69, 9.17) is 23.6 Å². The number of pyridine rings is 2. The molecular weight excluding hydrogens is 599 g/mol. The minimum atomic E-state index is -0.471. The molecule has 1 aliphatic rings. The first-order valence-corrected chi connectivity index (χ1v) is 15.4. The van der Waals surface area contributed by atoms with Crippen LogP contribution in [0.25, 0.3) is 44.2 Å². The summed E-state index contributed by atoms with van der Waals surface area (Å²) in [7, 11) is 1.35. The molecule has 0 spiro atoms.